The van der Waals surface area contributed by atoms with E-state index in [-0.39, 0.29) is 5.82 Å². The van der Waals surface area contributed by atoms with Gasteiger partial charge in [-0.15, -0.1) is 0 Å². The van der Waals surface area contributed by atoms with Crippen molar-refractivity contribution in [3.8, 4) is 0 Å². The molecule has 0 bridgehead atoms. The zero-order valence-corrected chi connectivity index (χ0v) is 14.5. The molecule has 4 heteroatoms. The largest absolute Gasteiger partial charge is 0.365 e. The van der Waals surface area contributed by atoms with E-state index < -0.39 is 0 Å². The number of nitrogens with zero attached hydrogens (tertiary/aromatic N) is 2. The molecule has 0 saturated carbocycles. The Bertz CT molecular complexity index is 520. The minimum absolute atomic E-state index is 0.156. The number of benzene rings is 1. The van der Waals surface area contributed by atoms with Crippen molar-refractivity contribution in [1.82, 2.24) is 4.90 Å². The van der Waals surface area contributed by atoms with Crippen molar-refractivity contribution in [2.75, 3.05) is 24.5 Å². The van der Waals surface area contributed by atoms with Gasteiger partial charge in [0.25, 0.3) is 0 Å². The van der Waals surface area contributed by atoms with Crippen LogP contribution >= 0.6 is 15.9 Å². The Labute approximate surface area is 135 Å². The summed E-state index contributed by atoms with van der Waals surface area (Å²) >= 11 is 3.29. The highest BCUT2D eigenvalue weighted by molar-refractivity contribution is 9.10. The molecule has 1 aromatic rings. The van der Waals surface area contributed by atoms with Crippen LogP contribution in [0.3, 0.4) is 0 Å². The first kappa shape index (κ1) is 15.3. The van der Waals surface area contributed by atoms with Crippen molar-refractivity contribution in [3.05, 3.63) is 28.0 Å². The van der Waals surface area contributed by atoms with Crippen LogP contribution in [0.2, 0.25) is 0 Å². The van der Waals surface area contributed by atoms with Crippen LogP contribution in [0.5, 0.6) is 0 Å². The first-order valence-electron chi connectivity index (χ1n) is 8.06. The van der Waals surface area contributed by atoms with Gasteiger partial charge in [-0.05, 0) is 66.4 Å². The summed E-state index contributed by atoms with van der Waals surface area (Å²) in [5.41, 5.74) is 2.23. The fraction of sp³-hybridized carbons (Fsp3) is 0.647. The molecule has 2 aliphatic rings. The Kier molecular flexibility index (Phi) is 4.55. The van der Waals surface area contributed by atoms with Crippen LogP contribution in [-0.2, 0) is 0 Å². The molecule has 3 rings (SSSR count). The second-order valence-corrected chi connectivity index (χ2v) is 7.27. The summed E-state index contributed by atoms with van der Waals surface area (Å²) in [6, 6.07) is 4.76. The second-order valence-electron chi connectivity index (χ2n) is 6.41. The highest BCUT2D eigenvalue weighted by Crippen LogP contribution is 2.33. The average molecular weight is 355 g/mol. The van der Waals surface area contributed by atoms with Crippen LogP contribution in [-0.4, -0.2) is 36.6 Å². The van der Waals surface area contributed by atoms with Gasteiger partial charge in [0.15, 0.2) is 0 Å². The van der Waals surface area contributed by atoms with Gasteiger partial charge in [-0.2, -0.15) is 0 Å². The van der Waals surface area contributed by atoms with E-state index in [1.807, 2.05) is 6.07 Å². The number of anilines is 1. The fourth-order valence-corrected chi connectivity index (χ4v) is 4.30. The van der Waals surface area contributed by atoms with Gasteiger partial charge in [0.05, 0.1) is 4.47 Å². The minimum atomic E-state index is -0.156. The Morgan fingerprint density at radius 2 is 2.10 bits per heavy atom. The first-order valence-corrected chi connectivity index (χ1v) is 8.85. The Hall–Kier alpha value is -0.610. The van der Waals surface area contributed by atoms with E-state index in [9.17, 15) is 4.39 Å². The summed E-state index contributed by atoms with van der Waals surface area (Å²) in [4.78, 5) is 5.11. The lowest BCUT2D eigenvalue weighted by Gasteiger charge is -2.49. The third-order valence-corrected chi connectivity index (χ3v) is 5.67. The molecule has 2 fully saturated rings. The second kappa shape index (κ2) is 6.25. The van der Waals surface area contributed by atoms with Crippen LogP contribution < -0.4 is 4.90 Å². The third kappa shape index (κ3) is 2.98. The average Bonchev–Trinajstić information content (AvgIpc) is 2.49. The number of aryl methyl sites for hydroxylation is 1. The lowest BCUT2D eigenvalue weighted by molar-refractivity contribution is 0.111. The maximum Gasteiger partial charge on any atom is 0.139 e. The van der Waals surface area contributed by atoms with E-state index >= 15 is 0 Å². The molecule has 116 valence electrons. The molecule has 0 N–H and O–H groups in total. The molecule has 21 heavy (non-hydrogen) atoms. The van der Waals surface area contributed by atoms with Crippen LogP contribution in [0, 0.1) is 12.7 Å². The van der Waals surface area contributed by atoms with Crippen molar-refractivity contribution >= 4 is 21.6 Å². The van der Waals surface area contributed by atoms with Crippen molar-refractivity contribution in [2.24, 2.45) is 0 Å². The summed E-state index contributed by atoms with van der Waals surface area (Å²) in [5, 5.41) is 0. The number of fused-ring (bicyclic) bond motifs is 1. The lowest BCUT2D eigenvalue weighted by atomic mass is 9.94. The van der Waals surface area contributed by atoms with Crippen molar-refractivity contribution < 1.29 is 4.39 Å². The Balaban J connectivity index is 1.90. The highest BCUT2D eigenvalue weighted by atomic mass is 79.9. The van der Waals surface area contributed by atoms with Crippen molar-refractivity contribution in [3.63, 3.8) is 0 Å². The van der Waals surface area contributed by atoms with E-state index in [0.717, 1.165) is 30.8 Å². The topological polar surface area (TPSA) is 6.48 Å². The number of rotatable bonds is 2. The van der Waals surface area contributed by atoms with Crippen LogP contribution in [0.25, 0.3) is 0 Å². The fourth-order valence-electron chi connectivity index (χ4n) is 3.84. The molecule has 2 saturated heterocycles. The van der Waals surface area contributed by atoms with Gasteiger partial charge in [-0.25, -0.2) is 4.39 Å². The summed E-state index contributed by atoms with van der Waals surface area (Å²) in [6.07, 6.45) is 5.06. The number of halogens is 2. The number of piperazine rings is 1. The predicted octanol–water partition coefficient (Wildman–Crippen LogP) is 4.35. The van der Waals surface area contributed by atoms with Crippen molar-refractivity contribution in [1.29, 1.82) is 0 Å². The number of piperidine rings is 1. The quantitative estimate of drug-likeness (QED) is 0.778. The molecule has 0 spiro atoms. The monoisotopic (exact) mass is 354 g/mol. The van der Waals surface area contributed by atoms with Crippen molar-refractivity contribution in [2.45, 2.75) is 51.6 Å². The molecule has 2 atom stereocenters. The summed E-state index contributed by atoms with van der Waals surface area (Å²) < 4.78 is 14.6. The smallest absolute Gasteiger partial charge is 0.139 e. The van der Waals surface area contributed by atoms with Gasteiger partial charge in [0.2, 0.25) is 0 Å². The van der Waals surface area contributed by atoms with Gasteiger partial charge in [0.1, 0.15) is 5.82 Å². The molecule has 2 heterocycles. The molecule has 2 nitrogen and oxygen atoms in total. The molecular formula is C17H24BrFN2. The zero-order valence-electron chi connectivity index (χ0n) is 12.9. The van der Waals surface area contributed by atoms with Crippen LogP contribution in [0.15, 0.2) is 16.6 Å². The van der Waals surface area contributed by atoms with E-state index in [4.69, 9.17) is 0 Å². The molecule has 1 aromatic carbocycles. The summed E-state index contributed by atoms with van der Waals surface area (Å²) in [6.45, 7) is 7.73. The number of hydrogen-bond donors (Lipinski definition) is 0. The SMILES string of the molecule is CCC1CN2CCCCC2CN1c1cc(F)c(Br)cc1C. The zero-order chi connectivity index (χ0) is 15.0. The predicted molar refractivity (Wildman–Crippen MR) is 89.5 cm³/mol. The third-order valence-electron chi connectivity index (χ3n) is 5.06. The molecule has 2 unspecified atom stereocenters. The van der Waals surface area contributed by atoms with Gasteiger partial charge in [-0.1, -0.05) is 13.3 Å². The molecule has 0 aromatic heterocycles. The van der Waals surface area contributed by atoms with E-state index in [2.05, 4.69) is 39.6 Å². The molecule has 0 radical (unpaired) electrons. The normalized spacial score (nSPS) is 26.8. The van der Waals surface area contributed by atoms with Gasteiger partial charge in [0, 0.05) is 30.9 Å². The van der Waals surface area contributed by atoms with Gasteiger partial charge < -0.3 is 4.90 Å². The molecule has 0 amide bonds. The lowest BCUT2D eigenvalue weighted by Crippen LogP contribution is -2.59. The van der Waals surface area contributed by atoms with Crippen LogP contribution in [0.1, 0.15) is 38.2 Å². The highest BCUT2D eigenvalue weighted by Gasteiger charge is 2.34. The molecular weight excluding hydrogens is 331 g/mol. The van der Waals surface area contributed by atoms with Crippen LogP contribution in [0.4, 0.5) is 10.1 Å². The Morgan fingerprint density at radius 3 is 2.86 bits per heavy atom. The molecule has 2 aliphatic heterocycles. The summed E-state index contributed by atoms with van der Waals surface area (Å²) in [5.74, 6) is -0.156. The first-order chi connectivity index (χ1) is 10.1. The standard InChI is InChI=1S/C17H24BrFN2/c1-3-13-10-20-7-5-4-6-14(20)11-21(13)17-9-16(19)15(18)8-12(17)2/h8-9,13-14H,3-7,10-11H2,1-2H3. The minimum Gasteiger partial charge on any atom is -0.365 e. The van der Waals surface area contributed by atoms with Gasteiger partial charge in [-0.3, -0.25) is 4.90 Å². The summed E-state index contributed by atoms with van der Waals surface area (Å²) in [7, 11) is 0. The van der Waals surface area contributed by atoms with Gasteiger partial charge >= 0.3 is 0 Å². The number of hydrogen-bond acceptors (Lipinski definition) is 2. The van der Waals surface area contributed by atoms with E-state index in [0.29, 0.717) is 16.6 Å². The molecule has 0 aliphatic carbocycles. The maximum absolute atomic E-state index is 14.0. The Morgan fingerprint density at radius 1 is 1.29 bits per heavy atom. The maximum atomic E-state index is 14.0. The van der Waals surface area contributed by atoms with E-state index in [1.165, 1.54) is 25.8 Å². The van der Waals surface area contributed by atoms with E-state index in [1.54, 1.807) is 6.07 Å².